The quantitative estimate of drug-likeness (QED) is 0.748. The van der Waals surface area contributed by atoms with Crippen molar-refractivity contribution in [3.05, 3.63) is 71.8 Å². The van der Waals surface area contributed by atoms with Gasteiger partial charge in [-0.15, -0.1) is 0 Å². The van der Waals surface area contributed by atoms with Gasteiger partial charge in [-0.3, -0.25) is 14.6 Å². The number of benzene rings is 2. The van der Waals surface area contributed by atoms with E-state index in [9.17, 15) is 4.79 Å². The number of carbonyl (C=O) groups is 1. The van der Waals surface area contributed by atoms with E-state index in [1.807, 2.05) is 18.2 Å². The predicted octanol–water partition coefficient (Wildman–Crippen LogP) is 3.50. The summed E-state index contributed by atoms with van der Waals surface area (Å²) in [6.07, 6.45) is 2.34. The Kier molecular flexibility index (Phi) is 6.63. The van der Waals surface area contributed by atoms with Crippen molar-refractivity contribution < 1.29 is 4.79 Å². The smallest absolute Gasteiger partial charge is 0.228 e. The fourth-order valence-electron chi connectivity index (χ4n) is 4.46. The van der Waals surface area contributed by atoms with Crippen molar-refractivity contribution in [3.8, 4) is 0 Å². The van der Waals surface area contributed by atoms with Gasteiger partial charge in [-0.25, -0.2) is 0 Å². The van der Waals surface area contributed by atoms with Crippen LogP contribution in [0.1, 0.15) is 36.8 Å². The second-order valence-corrected chi connectivity index (χ2v) is 8.70. The third-order valence-electron chi connectivity index (χ3n) is 6.17. The standard InChI is InChI=1S/C25H33N3O/c1-20(26-25(29)24(23-12-13-23)22-10-6-3-7-11-22)18-27-14-16-28(17-15-27)19-21-8-4-2-5-9-21/h2-11,20,23-24H,12-19H2,1H3,(H,26,29). The maximum Gasteiger partial charge on any atom is 0.228 e. The fraction of sp³-hybridized carbons (Fsp3) is 0.480. The second kappa shape index (κ2) is 9.55. The SMILES string of the molecule is CC(CN1CCN(Cc2ccccc2)CC1)NC(=O)C(c1ccccc1)C1CC1. The summed E-state index contributed by atoms with van der Waals surface area (Å²) >= 11 is 0. The number of piperazine rings is 1. The molecule has 0 aromatic heterocycles. The van der Waals surface area contributed by atoms with Gasteiger partial charge in [-0.2, -0.15) is 0 Å². The van der Waals surface area contributed by atoms with E-state index < -0.39 is 0 Å². The van der Waals surface area contributed by atoms with Crippen molar-refractivity contribution in [1.82, 2.24) is 15.1 Å². The third-order valence-corrected chi connectivity index (χ3v) is 6.17. The fourth-order valence-corrected chi connectivity index (χ4v) is 4.46. The van der Waals surface area contributed by atoms with Crippen LogP contribution in [0.15, 0.2) is 60.7 Å². The minimum Gasteiger partial charge on any atom is -0.352 e. The molecule has 1 N–H and O–H groups in total. The van der Waals surface area contributed by atoms with Gasteiger partial charge in [0, 0.05) is 45.3 Å². The van der Waals surface area contributed by atoms with Crippen molar-refractivity contribution in [2.24, 2.45) is 5.92 Å². The molecule has 0 bridgehead atoms. The first-order chi connectivity index (χ1) is 14.2. The van der Waals surface area contributed by atoms with Crippen LogP contribution in [0.5, 0.6) is 0 Å². The molecule has 29 heavy (non-hydrogen) atoms. The van der Waals surface area contributed by atoms with Crippen molar-refractivity contribution in [3.63, 3.8) is 0 Å². The van der Waals surface area contributed by atoms with E-state index in [0.29, 0.717) is 5.92 Å². The molecule has 2 aromatic rings. The number of hydrogen-bond acceptors (Lipinski definition) is 3. The van der Waals surface area contributed by atoms with Crippen molar-refractivity contribution in [2.45, 2.75) is 38.3 Å². The van der Waals surface area contributed by atoms with Crippen molar-refractivity contribution in [1.29, 1.82) is 0 Å². The maximum atomic E-state index is 13.0. The molecule has 1 amide bonds. The summed E-state index contributed by atoms with van der Waals surface area (Å²) in [4.78, 5) is 18.0. The zero-order chi connectivity index (χ0) is 20.1. The number of amides is 1. The highest BCUT2D eigenvalue weighted by Crippen LogP contribution is 2.42. The van der Waals surface area contributed by atoms with Gasteiger partial charge in [0.1, 0.15) is 0 Å². The molecule has 2 atom stereocenters. The highest BCUT2D eigenvalue weighted by Gasteiger charge is 2.37. The summed E-state index contributed by atoms with van der Waals surface area (Å²) in [5, 5.41) is 3.30. The van der Waals surface area contributed by atoms with Gasteiger partial charge in [0.05, 0.1) is 5.92 Å². The van der Waals surface area contributed by atoms with Gasteiger partial charge in [-0.1, -0.05) is 60.7 Å². The Labute approximate surface area is 174 Å². The zero-order valence-corrected chi connectivity index (χ0v) is 17.5. The van der Waals surface area contributed by atoms with Gasteiger partial charge in [0.15, 0.2) is 0 Å². The van der Waals surface area contributed by atoms with Crippen LogP contribution in [-0.4, -0.2) is 54.5 Å². The van der Waals surface area contributed by atoms with Gasteiger partial charge in [-0.05, 0) is 36.8 Å². The number of nitrogens with zero attached hydrogens (tertiary/aromatic N) is 2. The lowest BCUT2D eigenvalue weighted by Crippen LogP contribution is -2.51. The summed E-state index contributed by atoms with van der Waals surface area (Å²) in [7, 11) is 0. The molecule has 4 rings (SSSR count). The molecular weight excluding hydrogens is 358 g/mol. The van der Waals surface area contributed by atoms with Crippen LogP contribution in [0.3, 0.4) is 0 Å². The van der Waals surface area contributed by atoms with Crippen LogP contribution in [0.2, 0.25) is 0 Å². The number of hydrogen-bond donors (Lipinski definition) is 1. The Morgan fingerprint density at radius 3 is 2.14 bits per heavy atom. The number of rotatable bonds is 8. The van der Waals surface area contributed by atoms with Crippen molar-refractivity contribution in [2.75, 3.05) is 32.7 Å². The lowest BCUT2D eigenvalue weighted by Gasteiger charge is -2.36. The highest BCUT2D eigenvalue weighted by atomic mass is 16.2. The Morgan fingerprint density at radius 2 is 1.52 bits per heavy atom. The zero-order valence-electron chi connectivity index (χ0n) is 17.5. The van der Waals surface area contributed by atoms with E-state index in [1.165, 1.54) is 18.4 Å². The van der Waals surface area contributed by atoms with Gasteiger partial charge >= 0.3 is 0 Å². The van der Waals surface area contributed by atoms with Crippen LogP contribution >= 0.6 is 0 Å². The second-order valence-electron chi connectivity index (χ2n) is 8.70. The third kappa shape index (κ3) is 5.68. The molecule has 4 heteroatoms. The van der Waals surface area contributed by atoms with E-state index in [1.54, 1.807) is 0 Å². The first-order valence-corrected chi connectivity index (χ1v) is 11.0. The number of carbonyl (C=O) groups excluding carboxylic acids is 1. The van der Waals surface area contributed by atoms with Crippen LogP contribution in [-0.2, 0) is 11.3 Å². The Hall–Kier alpha value is -2.17. The first-order valence-electron chi connectivity index (χ1n) is 11.0. The molecule has 1 saturated heterocycles. The normalized spacial score (nSPS) is 20.2. The topological polar surface area (TPSA) is 35.6 Å². The van der Waals surface area contributed by atoms with Crippen LogP contribution in [0.25, 0.3) is 0 Å². The van der Waals surface area contributed by atoms with Gasteiger partial charge < -0.3 is 5.32 Å². The van der Waals surface area contributed by atoms with E-state index in [4.69, 9.17) is 0 Å². The Bertz CT molecular complexity index is 767. The summed E-state index contributed by atoms with van der Waals surface area (Å²) in [5.41, 5.74) is 2.54. The van der Waals surface area contributed by atoms with E-state index in [-0.39, 0.29) is 17.9 Å². The lowest BCUT2D eigenvalue weighted by atomic mass is 9.93. The molecule has 1 heterocycles. The molecule has 154 valence electrons. The molecule has 1 aliphatic heterocycles. The molecule has 0 radical (unpaired) electrons. The summed E-state index contributed by atoms with van der Waals surface area (Å²) in [6, 6.07) is 21.2. The molecule has 2 unspecified atom stereocenters. The molecule has 1 saturated carbocycles. The lowest BCUT2D eigenvalue weighted by molar-refractivity contribution is -0.123. The molecular formula is C25H33N3O. The van der Waals surface area contributed by atoms with Crippen molar-refractivity contribution >= 4 is 5.91 Å². The average Bonchev–Trinajstić information content (AvgIpc) is 3.56. The highest BCUT2D eigenvalue weighted by molar-refractivity contribution is 5.84. The molecule has 2 fully saturated rings. The van der Waals surface area contributed by atoms with Gasteiger partial charge in [0.2, 0.25) is 5.91 Å². The minimum absolute atomic E-state index is 0.0152. The molecule has 0 spiro atoms. The Morgan fingerprint density at radius 1 is 0.931 bits per heavy atom. The molecule has 4 nitrogen and oxygen atoms in total. The monoisotopic (exact) mass is 391 g/mol. The van der Waals surface area contributed by atoms with E-state index in [0.717, 1.165) is 44.8 Å². The Balaban J connectivity index is 1.23. The van der Waals surface area contributed by atoms with Gasteiger partial charge in [0.25, 0.3) is 0 Å². The van der Waals surface area contributed by atoms with E-state index >= 15 is 0 Å². The van der Waals surface area contributed by atoms with E-state index in [2.05, 4.69) is 64.5 Å². The minimum atomic E-state index is 0.0152. The van der Waals surface area contributed by atoms with Crippen LogP contribution in [0, 0.1) is 5.92 Å². The number of nitrogens with one attached hydrogen (secondary N) is 1. The average molecular weight is 392 g/mol. The molecule has 2 aliphatic rings. The predicted molar refractivity (Wildman–Crippen MR) is 118 cm³/mol. The largest absolute Gasteiger partial charge is 0.352 e. The first kappa shape index (κ1) is 20.1. The maximum absolute atomic E-state index is 13.0. The summed E-state index contributed by atoms with van der Waals surface area (Å²) in [5.74, 6) is 0.737. The van der Waals surface area contributed by atoms with Crippen LogP contribution < -0.4 is 5.32 Å². The van der Waals surface area contributed by atoms with Crippen LogP contribution in [0.4, 0.5) is 0 Å². The summed E-state index contributed by atoms with van der Waals surface area (Å²) in [6.45, 7) is 8.41. The summed E-state index contributed by atoms with van der Waals surface area (Å²) < 4.78 is 0. The molecule has 1 aliphatic carbocycles. The molecule has 2 aromatic carbocycles.